The van der Waals surface area contributed by atoms with Crippen LogP contribution in [0.3, 0.4) is 0 Å². The number of amides is 1. The second-order valence-electron chi connectivity index (χ2n) is 15.8. The molecule has 4 nitrogen and oxygen atoms in total. The van der Waals surface area contributed by atoms with E-state index in [1.165, 1.54) is 109 Å². The highest BCUT2D eigenvalue weighted by atomic mass is 16.3. The summed E-state index contributed by atoms with van der Waals surface area (Å²) in [5, 5.41) is 23.0. The van der Waals surface area contributed by atoms with E-state index < -0.39 is 12.1 Å². The van der Waals surface area contributed by atoms with E-state index in [4.69, 9.17) is 0 Å². The molecule has 1 amide bonds. The van der Waals surface area contributed by atoms with E-state index in [-0.39, 0.29) is 12.5 Å². The average molecular weight is 802 g/mol. The first-order valence-electron chi connectivity index (χ1n) is 24.1. The van der Waals surface area contributed by atoms with Gasteiger partial charge >= 0.3 is 0 Å². The summed E-state index contributed by atoms with van der Waals surface area (Å²) < 4.78 is 0. The number of hydrogen-bond donors (Lipinski definition) is 3. The molecule has 0 spiro atoms. The number of unbranched alkanes of at least 4 members (excludes halogenated alkanes) is 19. The topological polar surface area (TPSA) is 69.6 Å². The van der Waals surface area contributed by atoms with Crippen molar-refractivity contribution < 1.29 is 15.0 Å². The zero-order chi connectivity index (χ0) is 42.1. The number of allylic oxidation sites excluding steroid dienone is 17. The summed E-state index contributed by atoms with van der Waals surface area (Å²) in [5.74, 6) is -0.0832. The largest absolute Gasteiger partial charge is 0.394 e. The number of aliphatic hydroxyl groups excluding tert-OH is 2. The Labute approximate surface area is 359 Å². The molecule has 3 N–H and O–H groups in total. The predicted molar refractivity (Wildman–Crippen MR) is 257 cm³/mol. The van der Waals surface area contributed by atoms with Crippen LogP contribution in [-0.4, -0.2) is 34.9 Å². The van der Waals surface area contributed by atoms with E-state index in [9.17, 15) is 15.0 Å². The number of aliphatic hydroxyl groups is 2. The quantitative estimate of drug-likeness (QED) is 0.0425. The van der Waals surface area contributed by atoms with E-state index in [2.05, 4.69) is 116 Å². The van der Waals surface area contributed by atoms with Crippen LogP contribution in [0.15, 0.2) is 109 Å². The molecule has 0 rings (SSSR count). The van der Waals surface area contributed by atoms with Crippen molar-refractivity contribution in [1.82, 2.24) is 5.32 Å². The van der Waals surface area contributed by atoms with Gasteiger partial charge in [-0.25, -0.2) is 0 Å². The maximum Gasteiger partial charge on any atom is 0.220 e. The minimum atomic E-state index is -0.868. The summed E-state index contributed by atoms with van der Waals surface area (Å²) in [5.41, 5.74) is 0. The number of nitrogens with one attached hydrogen (secondary N) is 1. The van der Waals surface area contributed by atoms with E-state index in [0.717, 1.165) is 77.0 Å². The normalized spacial score (nSPS) is 13.9. The molecule has 2 atom stereocenters. The SMILES string of the molecule is CC/C=C\C/C=C\C/C=C\C/C=C\C/C=C\C/C=C\C/C=C\CCCCCCCCCCCCCC(=O)NC(CO)C(O)/C=C/CC/C=C/CCCCCCCCC. The fraction of sp³-hybridized carbons (Fsp3) is 0.648. The van der Waals surface area contributed by atoms with Gasteiger partial charge in [0.1, 0.15) is 0 Å². The lowest BCUT2D eigenvalue weighted by Crippen LogP contribution is -2.45. The highest BCUT2D eigenvalue weighted by molar-refractivity contribution is 5.76. The molecule has 0 saturated heterocycles. The minimum Gasteiger partial charge on any atom is -0.394 e. The first-order chi connectivity index (χ1) is 28.7. The van der Waals surface area contributed by atoms with Crippen LogP contribution in [0.1, 0.15) is 206 Å². The van der Waals surface area contributed by atoms with Crippen molar-refractivity contribution in [2.24, 2.45) is 0 Å². The third-order valence-corrected chi connectivity index (χ3v) is 10.2. The Kier molecular flexibility index (Phi) is 46.0. The Morgan fingerprint density at radius 3 is 1.21 bits per heavy atom. The smallest absolute Gasteiger partial charge is 0.220 e. The van der Waals surface area contributed by atoms with Crippen LogP contribution in [0.5, 0.6) is 0 Å². The Bertz CT molecular complexity index is 1140. The molecule has 0 fully saturated rings. The predicted octanol–water partition coefficient (Wildman–Crippen LogP) is 15.6. The van der Waals surface area contributed by atoms with E-state index >= 15 is 0 Å². The van der Waals surface area contributed by atoms with Crippen molar-refractivity contribution in [3.05, 3.63) is 109 Å². The molecular formula is C54H91NO3. The van der Waals surface area contributed by atoms with Crippen LogP contribution in [0, 0.1) is 0 Å². The molecule has 0 aromatic carbocycles. The highest BCUT2D eigenvalue weighted by Gasteiger charge is 2.17. The maximum atomic E-state index is 12.4. The van der Waals surface area contributed by atoms with Gasteiger partial charge in [0.05, 0.1) is 18.8 Å². The fourth-order valence-corrected chi connectivity index (χ4v) is 6.58. The van der Waals surface area contributed by atoms with Crippen LogP contribution >= 0.6 is 0 Å². The van der Waals surface area contributed by atoms with Crippen molar-refractivity contribution in [2.75, 3.05) is 6.61 Å². The molecule has 0 heterocycles. The van der Waals surface area contributed by atoms with Gasteiger partial charge in [-0.05, 0) is 89.9 Å². The molecule has 0 bridgehead atoms. The Hall–Kier alpha value is -2.95. The minimum absolute atomic E-state index is 0.0832. The second kappa shape index (κ2) is 48.4. The second-order valence-corrected chi connectivity index (χ2v) is 15.8. The van der Waals surface area contributed by atoms with Gasteiger partial charge in [-0.1, -0.05) is 220 Å². The molecule has 4 heteroatoms. The Morgan fingerprint density at radius 2 is 0.776 bits per heavy atom. The molecule has 2 unspecified atom stereocenters. The van der Waals surface area contributed by atoms with Gasteiger partial charge in [0.25, 0.3) is 0 Å². The summed E-state index contributed by atoms with van der Waals surface area (Å²) in [6.45, 7) is 4.16. The summed E-state index contributed by atoms with van der Waals surface area (Å²) in [6, 6.07) is -0.646. The molecular weight excluding hydrogens is 711 g/mol. The van der Waals surface area contributed by atoms with Gasteiger partial charge in [0, 0.05) is 6.42 Å². The zero-order valence-electron chi connectivity index (χ0n) is 37.8. The lowest BCUT2D eigenvalue weighted by Gasteiger charge is -2.19. The van der Waals surface area contributed by atoms with Gasteiger partial charge < -0.3 is 15.5 Å². The van der Waals surface area contributed by atoms with Crippen molar-refractivity contribution in [3.63, 3.8) is 0 Å². The van der Waals surface area contributed by atoms with Crippen LogP contribution in [0.2, 0.25) is 0 Å². The summed E-state index contributed by atoms with van der Waals surface area (Å²) in [6.07, 6.45) is 73.5. The molecule has 330 valence electrons. The van der Waals surface area contributed by atoms with Crippen molar-refractivity contribution in [3.8, 4) is 0 Å². The molecule has 0 aliphatic heterocycles. The number of rotatable bonds is 42. The lowest BCUT2D eigenvalue weighted by atomic mass is 10.0. The number of hydrogen-bond acceptors (Lipinski definition) is 3. The number of carbonyl (C=O) groups is 1. The first-order valence-corrected chi connectivity index (χ1v) is 24.1. The van der Waals surface area contributed by atoms with Crippen LogP contribution < -0.4 is 5.32 Å². The van der Waals surface area contributed by atoms with E-state index in [0.29, 0.717) is 6.42 Å². The van der Waals surface area contributed by atoms with Gasteiger partial charge in [0.15, 0.2) is 0 Å². The van der Waals surface area contributed by atoms with Crippen molar-refractivity contribution >= 4 is 5.91 Å². The Morgan fingerprint density at radius 1 is 0.431 bits per heavy atom. The molecule has 0 aromatic heterocycles. The highest BCUT2D eigenvalue weighted by Crippen LogP contribution is 2.13. The molecule has 0 saturated carbocycles. The third kappa shape index (κ3) is 44.2. The third-order valence-electron chi connectivity index (χ3n) is 10.2. The van der Waals surface area contributed by atoms with Crippen LogP contribution in [0.25, 0.3) is 0 Å². The molecule has 0 aromatic rings. The van der Waals surface area contributed by atoms with Crippen molar-refractivity contribution in [2.45, 2.75) is 219 Å². The average Bonchev–Trinajstić information content (AvgIpc) is 3.23. The van der Waals surface area contributed by atoms with Gasteiger partial charge in [0.2, 0.25) is 5.91 Å². The van der Waals surface area contributed by atoms with Crippen molar-refractivity contribution in [1.29, 1.82) is 0 Å². The van der Waals surface area contributed by atoms with Gasteiger partial charge in [-0.3, -0.25) is 4.79 Å². The molecule has 0 radical (unpaired) electrons. The monoisotopic (exact) mass is 802 g/mol. The van der Waals surface area contributed by atoms with Gasteiger partial charge in [-0.15, -0.1) is 0 Å². The Balaban J connectivity index is 3.61. The number of carbonyl (C=O) groups excluding carboxylic acids is 1. The molecule has 0 aliphatic carbocycles. The summed E-state index contributed by atoms with van der Waals surface area (Å²) in [4.78, 5) is 12.4. The molecule has 0 aliphatic rings. The first kappa shape index (κ1) is 55.0. The zero-order valence-corrected chi connectivity index (χ0v) is 37.8. The lowest BCUT2D eigenvalue weighted by molar-refractivity contribution is -0.123. The maximum absolute atomic E-state index is 12.4. The molecule has 58 heavy (non-hydrogen) atoms. The van der Waals surface area contributed by atoms with Crippen LogP contribution in [0.4, 0.5) is 0 Å². The van der Waals surface area contributed by atoms with Crippen LogP contribution in [-0.2, 0) is 4.79 Å². The summed E-state index contributed by atoms with van der Waals surface area (Å²) in [7, 11) is 0. The van der Waals surface area contributed by atoms with E-state index in [1.807, 2.05) is 6.08 Å². The standard InChI is InChI=1S/C54H91NO3/c1-3-5-7-9-11-13-15-17-18-19-20-21-22-23-24-25-26-27-28-29-30-31-32-33-34-35-36-38-40-42-44-46-48-50-54(58)55-52(51-56)53(57)49-47-45-43-41-39-37-16-14-12-10-8-6-4-2/h5,7,11,13,17-18,20-21,23-24,26-27,29-30,39,41,47,49,52-53,56-57H,3-4,6,8-10,12,14-16,19,22,25,28,31-38,40,42-46,48,50-51H2,1-2H3,(H,55,58)/b7-5-,13-11-,18-17-,21-20-,24-23-,27-26-,30-29-,41-39+,49-47+. The fourth-order valence-electron chi connectivity index (χ4n) is 6.58. The summed E-state index contributed by atoms with van der Waals surface area (Å²) >= 11 is 0. The van der Waals surface area contributed by atoms with Gasteiger partial charge in [-0.2, -0.15) is 0 Å². The van der Waals surface area contributed by atoms with E-state index in [1.54, 1.807) is 6.08 Å².